The molecule has 5 aliphatic carbocycles. The van der Waals surface area contributed by atoms with E-state index in [1.54, 1.807) is 0 Å². The number of furan rings is 2. The molecule has 12 rings (SSSR count). The number of allylic oxidation sites excluding steroid dienone is 14. The Morgan fingerprint density at radius 3 is 2.33 bits per heavy atom. The predicted molar refractivity (Wildman–Crippen MR) is 349 cm³/mol. The molecule has 0 aliphatic heterocycles. The van der Waals surface area contributed by atoms with E-state index in [4.69, 9.17) is 8.83 Å². The molecule has 1 N–H and O–H groups in total. The maximum absolute atomic E-state index is 7.40. The third-order valence-corrected chi connectivity index (χ3v) is 18.7. The van der Waals surface area contributed by atoms with Crippen molar-refractivity contribution < 1.29 is 8.83 Å². The van der Waals surface area contributed by atoms with E-state index >= 15 is 0 Å². The van der Waals surface area contributed by atoms with Crippen molar-refractivity contribution in [3.8, 4) is 11.1 Å². The largest absolute Gasteiger partial charge is 0.463 e. The molecule has 2 bridgehead atoms. The number of anilines is 3. The third kappa shape index (κ3) is 10.7. The first kappa shape index (κ1) is 54.8. The van der Waals surface area contributed by atoms with Crippen LogP contribution in [-0.2, 0) is 19.3 Å². The smallest absolute Gasteiger partial charge is 0.159 e. The monoisotopic (exact) mass is 1080 g/mol. The van der Waals surface area contributed by atoms with Crippen molar-refractivity contribution in [1.82, 2.24) is 5.32 Å². The Bertz CT molecular complexity index is 3760. The lowest BCUT2D eigenvalue weighted by Crippen LogP contribution is -2.35. The van der Waals surface area contributed by atoms with Crippen LogP contribution in [0.4, 0.5) is 17.1 Å². The number of benzene rings is 5. The van der Waals surface area contributed by atoms with Crippen LogP contribution in [0.2, 0.25) is 0 Å². The third-order valence-electron chi connectivity index (χ3n) is 18.7. The van der Waals surface area contributed by atoms with Crippen LogP contribution in [0.3, 0.4) is 0 Å². The normalized spacial score (nSPS) is 22.8. The summed E-state index contributed by atoms with van der Waals surface area (Å²) in [6, 6.07) is 37.7. The average molecular weight is 1080 g/mol. The summed E-state index contributed by atoms with van der Waals surface area (Å²) in [5.74, 6) is 4.68. The molecule has 0 radical (unpaired) electrons. The molecule has 82 heavy (non-hydrogen) atoms. The number of nitrogens with one attached hydrogen (secondary N) is 1. The van der Waals surface area contributed by atoms with Crippen LogP contribution in [0.25, 0.3) is 51.3 Å². The van der Waals surface area contributed by atoms with Crippen LogP contribution >= 0.6 is 0 Å². The minimum atomic E-state index is -0.131. The van der Waals surface area contributed by atoms with E-state index in [9.17, 15) is 0 Å². The van der Waals surface area contributed by atoms with Crippen molar-refractivity contribution in [2.45, 2.75) is 124 Å². The Labute approximate surface area is 488 Å². The lowest BCUT2D eigenvalue weighted by molar-refractivity contribution is 0.353. The standard InChI is InChI=1S/C78H82N2O2/c1-7-11-14-40-64-69-51-68-53(6)46-48-65(60-37-22-19-29-52(60)5)74(68)75(78(69)81-73(64)50-54-30-20-21-31-54)79-58-35-17-13-18-39-63-59(10-4)57(34-25-36-58)47-49-71(63)80(70-44-24-23-38-61(70)56-32-15-12-16-33-56)72-45-27-43-67-66-42-26-41-62(55(9-3)28-8-2)76(66)82-77(67)72/h7,12,14-19,22-27,29,32-49,52-55,60,65,75,79H,1,8-11,13,20-21,28,30-31,50-51H2,2-6H3/b34-25-,35-17-,39-18-,40-14-,58-36-. The zero-order chi connectivity index (χ0) is 56.1. The number of fused-ring (bicyclic) bond motifs is 6. The summed E-state index contributed by atoms with van der Waals surface area (Å²) in [5, 5.41) is 6.55. The molecule has 1 fully saturated rings. The van der Waals surface area contributed by atoms with E-state index in [-0.39, 0.29) is 12.0 Å². The summed E-state index contributed by atoms with van der Waals surface area (Å²) in [7, 11) is 0. The van der Waals surface area contributed by atoms with Gasteiger partial charge < -0.3 is 19.1 Å². The molecular formula is C78H82N2O2. The molecule has 7 aromatic rings. The molecule has 4 heteroatoms. The Balaban J connectivity index is 0.980. The highest BCUT2D eigenvalue weighted by atomic mass is 16.3. The summed E-state index contributed by atoms with van der Waals surface area (Å²) in [6.45, 7) is 15.7. The fourth-order valence-electron chi connectivity index (χ4n) is 14.5. The molecule has 0 amide bonds. The lowest BCUT2D eigenvalue weighted by atomic mass is 9.66. The van der Waals surface area contributed by atoms with Crippen molar-refractivity contribution in [3.05, 3.63) is 250 Å². The summed E-state index contributed by atoms with van der Waals surface area (Å²) in [5.41, 5.74) is 19.2. The van der Waals surface area contributed by atoms with Gasteiger partial charge in [0.25, 0.3) is 0 Å². The van der Waals surface area contributed by atoms with E-state index < -0.39 is 0 Å². The Kier molecular flexibility index (Phi) is 16.5. The first-order valence-corrected chi connectivity index (χ1v) is 31.1. The van der Waals surface area contributed by atoms with Crippen LogP contribution in [0.5, 0.6) is 0 Å². The van der Waals surface area contributed by atoms with E-state index in [0.717, 1.165) is 108 Å². The maximum Gasteiger partial charge on any atom is 0.159 e. The number of nitrogens with zero attached hydrogens (tertiary/aromatic N) is 1. The molecule has 5 aromatic carbocycles. The fraction of sp³-hybridized carbons (Fsp3) is 0.308. The fourth-order valence-corrected chi connectivity index (χ4v) is 14.5. The van der Waals surface area contributed by atoms with Crippen molar-refractivity contribution in [2.75, 3.05) is 4.90 Å². The Hall–Kier alpha value is -7.82. The van der Waals surface area contributed by atoms with Gasteiger partial charge in [0.15, 0.2) is 5.58 Å². The second kappa shape index (κ2) is 24.7. The number of para-hydroxylation sites is 3. The van der Waals surface area contributed by atoms with Gasteiger partial charge in [-0.15, -0.1) is 6.58 Å². The molecule has 4 nitrogen and oxygen atoms in total. The second-order valence-electron chi connectivity index (χ2n) is 23.7. The van der Waals surface area contributed by atoms with Gasteiger partial charge in [-0.05, 0) is 126 Å². The maximum atomic E-state index is 7.40. The highest BCUT2D eigenvalue weighted by Gasteiger charge is 2.42. The zero-order valence-corrected chi connectivity index (χ0v) is 49.1. The average Bonchev–Trinajstić information content (AvgIpc) is 3.91. The van der Waals surface area contributed by atoms with E-state index in [1.807, 2.05) is 6.08 Å². The second-order valence-corrected chi connectivity index (χ2v) is 23.7. The van der Waals surface area contributed by atoms with Gasteiger partial charge in [-0.2, -0.15) is 0 Å². The first-order chi connectivity index (χ1) is 40.4. The molecule has 2 aromatic heterocycles. The number of hydrogen-bond donors (Lipinski definition) is 1. The van der Waals surface area contributed by atoms with Crippen molar-refractivity contribution in [2.24, 2.45) is 29.6 Å². The summed E-state index contributed by atoms with van der Waals surface area (Å²) in [6.07, 6.45) is 50.1. The SMILES string of the molecule is C=CC/C=C\c1c(CC2CCCC2)oc2c1CC1=C(C2NC2=C\C=C/c3ccc(N(c4ccccc4-c4ccccc4)c4cccc5c4oc4c(C(CC)CCC)cccc45)c(c3CC)/C=C\C/C=C\2)C(C2C=CC=CC2C)C=CC1C. The molecule has 1 saturated carbocycles. The van der Waals surface area contributed by atoms with Crippen LogP contribution in [0.15, 0.2) is 214 Å². The summed E-state index contributed by atoms with van der Waals surface area (Å²) in [4.78, 5) is 2.48. The van der Waals surface area contributed by atoms with Gasteiger partial charge in [-0.3, -0.25) is 0 Å². The molecule has 6 unspecified atom stereocenters. The van der Waals surface area contributed by atoms with Gasteiger partial charge in [-0.1, -0.05) is 242 Å². The van der Waals surface area contributed by atoms with Gasteiger partial charge >= 0.3 is 0 Å². The van der Waals surface area contributed by atoms with Crippen LogP contribution in [0.1, 0.15) is 149 Å². The molecule has 2 heterocycles. The van der Waals surface area contributed by atoms with Crippen molar-refractivity contribution in [1.29, 1.82) is 0 Å². The quantitative estimate of drug-likeness (QED) is 0.0923. The van der Waals surface area contributed by atoms with Crippen LogP contribution in [-0.4, -0.2) is 0 Å². The minimum absolute atomic E-state index is 0.131. The van der Waals surface area contributed by atoms with Crippen molar-refractivity contribution in [3.63, 3.8) is 0 Å². The predicted octanol–water partition coefficient (Wildman–Crippen LogP) is 21.7. The first-order valence-electron chi connectivity index (χ1n) is 31.1. The lowest BCUT2D eigenvalue weighted by Gasteiger charge is -2.41. The summed E-state index contributed by atoms with van der Waals surface area (Å²) < 4.78 is 14.7. The Morgan fingerprint density at radius 1 is 0.744 bits per heavy atom. The van der Waals surface area contributed by atoms with Crippen LogP contribution in [0, 0.1) is 29.6 Å². The minimum Gasteiger partial charge on any atom is -0.463 e. The molecule has 0 saturated heterocycles. The topological polar surface area (TPSA) is 41.6 Å². The number of hydrogen-bond acceptors (Lipinski definition) is 4. The van der Waals surface area contributed by atoms with Gasteiger partial charge in [0.05, 0.1) is 17.1 Å². The van der Waals surface area contributed by atoms with Gasteiger partial charge in [-0.25, -0.2) is 0 Å². The molecule has 6 atom stereocenters. The molecule has 416 valence electrons. The highest BCUT2D eigenvalue weighted by molar-refractivity contribution is 6.12. The Morgan fingerprint density at radius 2 is 1.52 bits per heavy atom. The number of rotatable bonds is 17. The van der Waals surface area contributed by atoms with Gasteiger partial charge in [0.2, 0.25) is 0 Å². The summed E-state index contributed by atoms with van der Waals surface area (Å²) >= 11 is 0. The van der Waals surface area contributed by atoms with E-state index in [1.165, 1.54) is 81.2 Å². The van der Waals surface area contributed by atoms with E-state index in [2.05, 4.69) is 246 Å². The zero-order valence-electron chi connectivity index (χ0n) is 49.1. The highest BCUT2D eigenvalue weighted by Crippen LogP contribution is 2.52. The van der Waals surface area contributed by atoms with Gasteiger partial charge in [0, 0.05) is 51.1 Å². The van der Waals surface area contributed by atoms with Crippen LogP contribution < -0.4 is 10.2 Å². The molecule has 5 aliphatic rings. The van der Waals surface area contributed by atoms with Crippen molar-refractivity contribution >= 4 is 57.2 Å². The molecule has 0 spiro atoms. The van der Waals surface area contributed by atoms with E-state index in [0.29, 0.717) is 29.6 Å². The molecular weight excluding hydrogens is 997 g/mol. The van der Waals surface area contributed by atoms with Gasteiger partial charge in [0.1, 0.15) is 23.1 Å².